The third-order valence-corrected chi connectivity index (χ3v) is 4.34. The van der Waals surface area contributed by atoms with E-state index in [4.69, 9.17) is 9.47 Å². The van der Waals surface area contributed by atoms with Crippen molar-refractivity contribution < 1.29 is 9.47 Å². The summed E-state index contributed by atoms with van der Waals surface area (Å²) in [4.78, 5) is 0. The summed E-state index contributed by atoms with van der Waals surface area (Å²) < 4.78 is 11.8. The van der Waals surface area contributed by atoms with Gasteiger partial charge in [0.2, 0.25) is 0 Å². The highest BCUT2D eigenvalue weighted by molar-refractivity contribution is 5.23. The normalized spacial score (nSPS) is 26.6. The van der Waals surface area contributed by atoms with E-state index in [-0.39, 0.29) is 11.7 Å². The summed E-state index contributed by atoms with van der Waals surface area (Å²) in [6, 6.07) is 8.73. The van der Waals surface area contributed by atoms with Crippen molar-refractivity contribution in [2.24, 2.45) is 5.41 Å². The molecule has 0 bridgehead atoms. The zero-order valence-electron chi connectivity index (χ0n) is 13.2. The van der Waals surface area contributed by atoms with Crippen LogP contribution in [0.15, 0.2) is 24.3 Å². The fourth-order valence-electron chi connectivity index (χ4n) is 2.46. The highest BCUT2D eigenvalue weighted by atomic mass is 16.7. The largest absolute Gasteiger partial charge is 0.348 e. The maximum absolute atomic E-state index is 5.89. The Hall–Kier alpha value is -0.860. The number of ether oxygens (including phenoxy) is 2. The zero-order chi connectivity index (χ0) is 14.4. The average Bonchev–Trinajstić information content (AvgIpc) is 2.49. The minimum Gasteiger partial charge on any atom is -0.348 e. The Balaban J connectivity index is 1.87. The molecule has 0 atom stereocenters. The molecule has 0 saturated carbocycles. The van der Waals surface area contributed by atoms with Crippen LogP contribution in [0, 0.1) is 5.41 Å². The van der Waals surface area contributed by atoms with Crippen LogP contribution in [-0.2, 0) is 15.9 Å². The molecule has 0 amide bonds. The van der Waals surface area contributed by atoms with Crippen molar-refractivity contribution in [2.45, 2.75) is 59.2 Å². The summed E-state index contributed by atoms with van der Waals surface area (Å²) in [5, 5.41) is 0. The molecule has 112 valence electrons. The van der Waals surface area contributed by atoms with E-state index < -0.39 is 0 Å². The van der Waals surface area contributed by atoms with Gasteiger partial charge >= 0.3 is 0 Å². The van der Waals surface area contributed by atoms with E-state index in [9.17, 15) is 0 Å². The summed E-state index contributed by atoms with van der Waals surface area (Å²) in [6.45, 7) is 8.22. The second kappa shape index (κ2) is 7.24. The molecule has 1 aliphatic heterocycles. The van der Waals surface area contributed by atoms with Gasteiger partial charge in [-0.3, -0.25) is 0 Å². The fraction of sp³-hybridized carbons (Fsp3) is 0.667. The van der Waals surface area contributed by atoms with E-state index in [1.165, 1.54) is 31.2 Å². The second-order valence-electron chi connectivity index (χ2n) is 6.32. The van der Waals surface area contributed by atoms with E-state index in [0.717, 1.165) is 25.2 Å². The summed E-state index contributed by atoms with van der Waals surface area (Å²) in [7, 11) is 0. The van der Waals surface area contributed by atoms with Gasteiger partial charge in [0.05, 0.1) is 13.2 Å². The smallest absolute Gasteiger partial charge is 0.183 e. The predicted molar refractivity (Wildman–Crippen MR) is 82.7 cm³/mol. The summed E-state index contributed by atoms with van der Waals surface area (Å²) in [5.41, 5.74) is 2.73. The molecule has 1 fully saturated rings. The van der Waals surface area contributed by atoms with Crippen molar-refractivity contribution in [2.75, 3.05) is 13.2 Å². The van der Waals surface area contributed by atoms with Crippen LogP contribution in [0.1, 0.15) is 63.9 Å². The van der Waals surface area contributed by atoms with Gasteiger partial charge in [-0.15, -0.1) is 0 Å². The van der Waals surface area contributed by atoms with Crippen molar-refractivity contribution in [3.05, 3.63) is 35.4 Å². The third kappa shape index (κ3) is 4.07. The number of aryl methyl sites for hydroxylation is 1. The molecule has 0 radical (unpaired) electrons. The molecule has 0 N–H and O–H groups in total. The molecule has 0 aliphatic carbocycles. The van der Waals surface area contributed by atoms with Gasteiger partial charge in [-0.25, -0.2) is 0 Å². The maximum Gasteiger partial charge on any atom is 0.183 e. The van der Waals surface area contributed by atoms with Crippen LogP contribution in [0.3, 0.4) is 0 Å². The Bertz CT molecular complexity index is 388. The number of unbranched alkanes of at least 4 members (excludes halogenated alkanes) is 2. The minimum atomic E-state index is -0.181. The Morgan fingerprint density at radius 1 is 1.05 bits per heavy atom. The molecule has 0 aromatic heterocycles. The molecule has 2 nitrogen and oxygen atoms in total. The van der Waals surface area contributed by atoms with Crippen LogP contribution in [0.25, 0.3) is 0 Å². The standard InChI is InChI=1S/C18H28O2/c1-4-6-7-8-15-9-11-16(12-10-15)17-19-13-18(3,5-2)14-20-17/h9-12,17H,4-8,13-14H2,1-3H3. The number of hydrogen-bond donors (Lipinski definition) is 0. The molecule has 1 heterocycles. The molecule has 1 saturated heterocycles. The second-order valence-corrected chi connectivity index (χ2v) is 6.32. The summed E-state index contributed by atoms with van der Waals surface area (Å²) >= 11 is 0. The molecule has 2 heteroatoms. The SMILES string of the molecule is CCCCCc1ccc(C2OCC(C)(CC)CO2)cc1. The lowest BCUT2D eigenvalue weighted by molar-refractivity contribution is -0.230. The Morgan fingerprint density at radius 2 is 1.70 bits per heavy atom. The molecule has 1 aliphatic rings. The molecule has 1 aromatic carbocycles. The van der Waals surface area contributed by atoms with E-state index in [1.54, 1.807) is 0 Å². The topological polar surface area (TPSA) is 18.5 Å². The van der Waals surface area contributed by atoms with Gasteiger partial charge in [0.25, 0.3) is 0 Å². The molecule has 0 unspecified atom stereocenters. The zero-order valence-corrected chi connectivity index (χ0v) is 13.2. The van der Waals surface area contributed by atoms with Crippen LogP contribution in [-0.4, -0.2) is 13.2 Å². The third-order valence-electron chi connectivity index (χ3n) is 4.34. The predicted octanol–water partition coefficient (Wildman–Crippen LogP) is 4.88. The van der Waals surface area contributed by atoms with E-state index in [1.807, 2.05) is 0 Å². The van der Waals surface area contributed by atoms with Gasteiger partial charge in [-0.05, 0) is 24.8 Å². The fourth-order valence-corrected chi connectivity index (χ4v) is 2.46. The van der Waals surface area contributed by atoms with Gasteiger partial charge in [-0.1, -0.05) is 57.9 Å². The Kier molecular flexibility index (Phi) is 5.62. The van der Waals surface area contributed by atoms with Gasteiger partial charge < -0.3 is 9.47 Å². The monoisotopic (exact) mass is 276 g/mol. The molecule has 0 spiro atoms. The van der Waals surface area contributed by atoms with Crippen LogP contribution in [0.2, 0.25) is 0 Å². The Morgan fingerprint density at radius 3 is 2.25 bits per heavy atom. The lowest BCUT2D eigenvalue weighted by Crippen LogP contribution is -2.35. The first-order valence-electron chi connectivity index (χ1n) is 7.99. The highest BCUT2D eigenvalue weighted by Gasteiger charge is 2.31. The van der Waals surface area contributed by atoms with Gasteiger partial charge in [0.15, 0.2) is 6.29 Å². The molecule has 20 heavy (non-hydrogen) atoms. The first kappa shape index (κ1) is 15.5. The van der Waals surface area contributed by atoms with Crippen molar-refractivity contribution >= 4 is 0 Å². The van der Waals surface area contributed by atoms with Crippen LogP contribution < -0.4 is 0 Å². The number of hydrogen-bond acceptors (Lipinski definition) is 2. The minimum absolute atomic E-state index is 0.177. The number of benzene rings is 1. The molecular weight excluding hydrogens is 248 g/mol. The molecular formula is C18H28O2. The first-order chi connectivity index (χ1) is 9.67. The van der Waals surface area contributed by atoms with Crippen LogP contribution >= 0.6 is 0 Å². The van der Waals surface area contributed by atoms with Crippen molar-refractivity contribution in [3.63, 3.8) is 0 Å². The maximum atomic E-state index is 5.89. The molecule has 2 rings (SSSR count). The van der Waals surface area contributed by atoms with E-state index in [0.29, 0.717) is 0 Å². The summed E-state index contributed by atoms with van der Waals surface area (Å²) in [6.07, 6.45) is 5.95. The quantitative estimate of drug-likeness (QED) is 0.689. The van der Waals surface area contributed by atoms with Crippen LogP contribution in [0.5, 0.6) is 0 Å². The van der Waals surface area contributed by atoms with Crippen molar-refractivity contribution in [1.29, 1.82) is 0 Å². The lowest BCUT2D eigenvalue weighted by Gasteiger charge is -2.36. The van der Waals surface area contributed by atoms with Crippen molar-refractivity contribution in [3.8, 4) is 0 Å². The highest BCUT2D eigenvalue weighted by Crippen LogP contribution is 2.33. The number of rotatable bonds is 6. The van der Waals surface area contributed by atoms with E-state index in [2.05, 4.69) is 45.0 Å². The van der Waals surface area contributed by atoms with Crippen molar-refractivity contribution in [1.82, 2.24) is 0 Å². The molecule has 1 aromatic rings. The van der Waals surface area contributed by atoms with Gasteiger partial charge in [-0.2, -0.15) is 0 Å². The summed E-state index contributed by atoms with van der Waals surface area (Å²) in [5.74, 6) is 0. The average molecular weight is 276 g/mol. The lowest BCUT2D eigenvalue weighted by atomic mass is 9.89. The first-order valence-corrected chi connectivity index (χ1v) is 7.99. The van der Waals surface area contributed by atoms with E-state index >= 15 is 0 Å². The van der Waals surface area contributed by atoms with Gasteiger partial charge in [0.1, 0.15) is 0 Å². The van der Waals surface area contributed by atoms with Gasteiger partial charge in [0, 0.05) is 11.0 Å². The Labute approximate surface area is 123 Å². The van der Waals surface area contributed by atoms with Crippen LogP contribution in [0.4, 0.5) is 0 Å².